The van der Waals surface area contributed by atoms with Crippen LogP contribution in [0.3, 0.4) is 0 Å². The van der Waals surface area contributed by atoms with Crippen molar-refractivity contribution in [3.8, 4) is 5.75 Å². The number of halogens is 2. The van der Waals surface area contributed by atoms with Crippen LogP contribution in [0.5, 0.6) is 5.75 Å². The number of carbonyl (C=O) groups is 2. The molecule has 0 saturated heterocycles. The van der Waals surface area contributed by atoms with E-state index < -0.39 is 17.5 Å². The zero-order valence-corrected chi connectivity index (χ0v) is 17.8. The maximum atomic E-state index is 13.7. The van der Waals surface area contributed by atoms with E-state index in [-0.39, 0.29) is 24.0 Å². The van der Waals surface area contributed by atoms with Crippen LogP contribution < -0.4 is 15.4 Å². The van der Waals surface area contributed by atoms with Gasteiger partial charge < -0.3 is 15.4 Å². The molecular weight excluding hydrogens is 418 g/mol. The third-order valence-electron chi connectivity index (χ3n) is 4.56. The zero-order valence-electron chi connectivity index (χ0n) is 17.8. The Kier molecular flexibility index (Phi) is 7.54. The Morgan fingerprint density at radius 2 is 1.91 bits per heavy atom. The third kappa shape index (κ3) is 5.69. The van der Waals surface area contributed by atoms with Crippen LogP contribution in [0.2, 0.25) is 0 Å². The van der Waals surface area contributed by atoms with E-state index in [1.165, 1.54) is 6.07 Å². The molecule has 0 saturated carbocycles. The first-order valence-corrected chi connectivity index (χ1v) is 10.2. The number of hydrogen-bond acceptors (Lipinski definition) is 4. The summed E-state index contributed by atoms with van der Waals surface area (Å²) in [5.41, 5.74) is 1.39. The molecule has 0 atom stereocenters. The predicted molar refractivity (Wildman–Crippen MR) is 116 cm³/mol. The van der Waals surface area contributed by atoms with Crippen molar-refractivity contribution in [1.82, 2.24) is 15.1 Å². The van der Waals surface area contributed by atoms with Crippen LogP contribution in [0.4, 0.5) is 14.5 Å². The van der Waals surface area contributed by atoms with Gasteiger partial charge in [0.2, 0.25) is 0 Å². The fourth-order valence-electron chi connectivity index (χ4n) is 2.91. The van der Waals surface area contributed by atoms with Gasteiger partial charge in [0.05, 0.1) is 5.69 Å². The first-order valence-electron chi connectivity index (χ1n) is 10.2. The van der Waals surface area contributed by atoms with Crippen LogP contribution in [-0.4, -0.2) is 28.1 Å². The summed E-state index contributed by atoms with van der Waals surface area (Å²) >= 11 is 0. The summed E-state index contributed by atoms with van der Waals surface area (Å²) < 4.78 is 33.7. The SMILES string of the molecule is CCCNC(=O)c1nn(CC)cc1NC(=O)c1cccc(COc2ccc(F)cc2F)c1. The fourth-order valence-corrected chi connectivity index (χ4v) is 2.91. The van der Waals surface area contributed by atoms with Gasteiger partial charge in [0, 0.05) is 30.9 Å². The second-order valence-corrected chi connectivity index (χ2v) is 7.02. The summed E-state index contributed by atoms with van der Waals surface area (Å²) in [7, 11) is 0. The van der Waals surface area contributed by atoms with Crippen LogP contribution in [0.1, 0.15) is 46.7 Å². The number of anilines is 1. The lowest BCUT2D eigenvalue weighted by Gasteiger charge is -2.09. The molecule has 7 nitrogen and oxygen atoms in total. The van der Waals surface area contributed by atoms with Crippen molar-refractivity contribution in [3.63, 3.8) is 0 Å². The molecule has 0 aliphatic heterocycles. The molecule has 2 aromatic carbocycles. The van der Waals surface area contributed by atoms with Gasteiger partial charge in [0.15, 0.2) is 17.3 Å². The number of amides is 2. The van der Waals surface area contributed by atoms with Gasteiger partial charge in [-0.25, -0.2) is 8.78 Å². The van der Waals surface area contributed by atoms with Crippen molar-refractivity contribution >= 4 is 17.5 Å². The number of rotatable bonds is 9. The molecule has 0 radical (unpaired) electrons. The van der Waals surface area contributed by atoms with Crippen LogP contribution in [0.15, 0.2) is 48.7 Å². The molecule has 3 aromatic rings. The molecule has 3 rings (SSSR count). The quantitative estimate of drug-likeness (QED) is 0.521. The van der Waals surface area contributed by atoms with E-state index in [4.69, 9.17) is 4.74 Å². The molecule has 1 heterocycles. The van der Waals surface area contributed by atoms with E-state index in [0.717, 1.165) is 18.6 Å². The summed E-state index contributed by atoms with van der Waals surface area (Å²) in [5, 5.41) is 9.71. The van der Waals surface area contributed by atoms with E-state index in [2.05, 4.69) is 15.7 Å². The maximum absolute atomic E-state index is 13.7. The molecular formula is C23H24F2N4O3. The molecule has 0 unspecified atom stereocenters. The number of aromatic nitrogens is 2. The standard InChI is InChI=1S/C23H24F2N4O3/c1-3-10-26-23(31)21-19(13-29(4-2)28-21)27-22(30)16-7-5-6-15(11-16)14-32-20-9-8-17(24)12-18(20)25/h5-9,11-13H,3-4,10,14H2,1-2H3,(H,26,31)(H,27,30). The van der Waals surface area contributed by atoms with Gasteiger partial charge >= 0.3 is 0 Å². The predicted octanol–water partition coefficient (Wildman–Crippen LogP) is 4.15. The van der Waals surface area contributed by atoms with E-state index in [1.54, 1.807) is 35.1 Å². The lowest BCUT2D eigenvalue weighted by atomic mass is 10.1. The monoisotopic (exact) mass is 442 g/mol. The Labute approximate surface area is 184 Å². The van der Waals surface area contributed by atoms with E-state index in [1.807, 2.05) is 13.8 Å². The number of nitrogens with zero attached hydrogens (tertiary/aromatic N) is 2. The number of carbonyl (C=O) groups excluding carboxylic acids is 2. The lowest BCUT2D eigenvalue weighted by Crippen LogP contribution is -2.26. The summed E-state index contributed by atoms with van der Waals surface area (Å²) in [6, 6.07) is 9.64. The number of benzene rings is 2. The highest BCUT2D eigenvalue weighted by Gasteiger charge is 2.19. The first-order chi connectivity index (χ1) is 15.4. The van der Waals surface area contributed by atoms with Gasteiger partial charge in [0.25, 0.3) is 11.8 Å². The molecule has 168 valence electrons. The molecule has 0 bridgehead atoms. The highest BCUT2D eigenvalue weighted by atomic mass is 19.1. The molecule has 2 N–H and O–H groups in total. The minimum absolute atomic E-state index is 0.0118. The lowest BCUT2D eigenvalue weighted by molar-refractivity contribution is 0.0948. The van der Waals surface area contributed by atoms with Crippen LogP contribution >= 0.6 is 0 Å². The average molecular weight is 442 g/mol. The van der Waals surface area contributed by atoms with Crippen LogP contribution in [0, 0.1) is 11.6 Å². The Morgan fingerprint density at radius 3 is 2.62 bits per heavy atom. The van der Waals surface area contributed by atoms with Gasteiger partial charge in [-0.05, 0) is 43.2 Å². The van der Waals surface area contributed by atoms with Crippen molar-refractivity contribution in [3.05, 3.63) is 77.1 Å². The molecule has 0 aliphatic carbocycles. The first kappa shape index (κ1) is 22.9. The number of nitrogens with one attached hydrogen (secondary N) is 2. The smallest absolute Gasteiger partial charge is 0.273 e. The second kappa shape index (κ2) is 10.5. The van der Waals surface area contributed by atoms with Crippen LogP contribution in [0.25, 0.3) is 0 Å². The molecule has 9 heteroatoms. The van der Waals surface area contributed by atoms with Gasteiger partial charge in [-0.3, -0.25) is 14.3 Å². The molecule has 1 aromatic heterocycles. The third-order valence-corrected chi connectivity index (χ3v) is 4.56. The summed E-state index contributed by atoms with van der Waals surface area (Å²) in [4.78, 5) is 25.2. The topological polar surface area (TPSA) is 85.3 Å². The van der Waals surface area contributed by atoms with Gasteiger partial charge in [-0.2, -0.15) is 5.10 Å². The van der Waals surface area contributed by atoms with Gasteiger partial charge in [0.1, 0.15) is 12.4 Å². The number of ether oxygens (including phenoxy) is 1. The van der Waals surface area contributed by atoms with Gasteiger partial charge in [-0.15, -0.1) is 0 Å². The van der Waals surface area contributed by atoms with Gasteiger partial charge in [-0.1, -0.05) is 19.1 Å². The van der Waals surface area contributed by atoms with Crippen molar-refractivity contribution in [1.29, 1.82) is 0 Å². The van der Waals surface area contributed by atoms with E-state index in [0.29, 0.717) is 29.9 Å². The van der Waals surface area contributed by atoms with Crippen molar-refractivity contribution < 1.29 is 23.1 Å². The van der Waals surface area contributed by atoms with Crippen LogP contribution in [-0.2, 0) is 13.2 Å². The second-order valence-electron chi connectivity index (χ2n) is 7.02. The largest absolute Gasteiger partial charge is 0.486 e. The fraction of sp³-hybridized carbons (Fsp3) is 0.261. The van der Waals surface area contributed by atoms with E-state index >= 15 is 0 Å². The highest BCUT2D eigenvalue weighted by Crippen LogP contribution is 2.20. The zero-order chi connectivity index (χ0) is 23.1. The Balaban J connectivity index is 1.72. The molecule has 0 spiro atoms. The maximum Gasteiger partial charge on any atom is 0.273 e. The minimum Gasteiger partial charge on any atom is -0.486 e. The number of hydrogen-bond donors (Lipinski definition) is 2. The van der Waals surface area contributed by atoms with Crippen molar-refractivity contribution in [2.24, 2.45) is 0 Å². The summed E-state index contributed by atoms with van der Waals surface area (Å²) in [5.74, 6) is -2.38. The summed E-state index contributed by atoms with van der Waals surface area (Å²) in [6.45, 7) is 4.84. The van der Waals surface area contributed by atoms with E-state index in [9.17, 15) is 18.4 Å². The minimum atomic E-state index is -0.805. The molecule has 0 fully saturated rings. The molecule has 0 aliphatic rings. The Hall–Kier alpha value is -3.75. The molecule has 32 heavy (non-hydrogen) atoms. The number of aryl methyl sites for hydroxylation is 1. The average Bonchev–Trinajstić information content (AvgIpc) is 3.20. The Morgan fingerprint density at radius 1 is 1.09 bits per heavy atom. The highest BCUT2D eigenvalue weighted by molar-refractivity contribution is 6.08. The summed E-state index contributed by atoms with van der Waals surface area (Å²) in [6.07, 6.45) is 2.38. The van der Waals surface area contributed by atoms with Crippen molar-refractivity contribution in [2.45, 2.75) is 33.4 Å². The van der Waals surface area contributed by atoms with Crippen molar-refractivity contribution in [2.75, 3.05) is 11.9 Å². The Bertz CT molecular complexity index is 1110. The molecule has 2 amide bonds. The normalized spacial score (nSPS) is 10.6.